The van der Waals surface area contributed by atoms with Crippen molar-refractivity contribution < 1.29 is 10.4 Å². The fraction of sp³-hybridized carbons (Fsp3) is 0.952. The molecule has 3 unspecified atom stereocenters. The molecule has 0 aromatic rings. The summed E-state index contributed by atoms with van der Waals surface area (Å²) in [5, 5.41) is 46.4. The Labute approximate surface area is 199 Å². The largest absolute Gasteiger partial charge is 0.762 e. The molecule has 0 bridgehead atoms. The van der Waals surface area contributed by atoms with Gasteiger partial charge in [0.15, 0.2) is 0 Å². The first-order valence-electron chi connectivity index (χ1n) is 11.9. The molecule has 3 N–H and O–H groups in total. The van der Waals surface area contributed by atoms with E-state index >= 15 is 0 Å². The van der Waals surface area contributed by atoms with Gasteiger partial charge in [0.05, 0.1) is 11.8 Å². The first kappa shape index (κ1) is 25.5. The molecule has 0 spiro atoms. The van der Waals surface area contributed by atoms with E-state index in [9.17, 15) is 20.8 Å². The normalized spacial score (nSPS) is 34.5. The van der Waals surface area contributed by atoms with Crippen LogP contribution < -0.4 is 5.43 Å². The third-order valence-electron chi connectivity index (χ3n) is 7.56. The highest BCUT2D eigenvalue weighted by atomic mass is 127. The monoisotopic (exact) mass is 551 g/mol. The molecule has 1 heterocycles. The van der Waals surface area contributed by atoms with E-state index < -0.39 is 12.1 Å². The molecular weight excluding hydrogens is 513 g/mol. The molecule has 1 saturated heterocycles. The highest BCUT2D eigenvalue weighted by Crippen LogP contribution is 2.31. The Hall–Kier alpha value is -0.0800. The summed E-state index contributed by atoms with van der Waals surface area (Å²) in [5.74, 6) is 1.28. The number of hydrogen-bond acceptors (Lipinski definition) is 9. The van der Waals surface area contributed by atoms with Crippen LogP contribution in [0.2, 0.25) is 0 Å². The molecule has 0 aromatic heterocycles. The van der Waals surface area contributed by atoms with Gasteiger partial charge in [-0.05, 0) is 76.8 Å². The van der Waals surface area contributed by atoms with Crippen LogP contribution in [0.1, 0.15) is 71.1 Å². The van der Waals surface area contributed by atoms with Crippen molar-refractivity contribution in [3.8, 4) is 0 Å². The molecule has 0 radical (unpaired) electrons. The summed E-state index contributed by atoms with van der Waals surface area (Å²) in [7, 11) is 0. The molecule has 9 nitrogen and oxygen atoms in total. The maximum atomic E-state index is 11.7. The average molecular weight is 551 g/mol. The number of alkyl halides is 1. The minimum absolute atomic E-state index is 0.0840. The summed E-state index contributed by atoms with van der Waals surface area (Å²) in [6.07, 6.45) is 9.48. The zero-order valence-electron chi connectivity index (χ0n) is 18.5. The van der Waals surface area contributed by atoms with Crippen molar-refractivity contribution in [1.82, 2.24) is 20.8 Å². The lowest BCUT2D eigenvalue weighted by molar-refractivity contribution is -0.137. The Morgan fingerprint density at radius 1 is 1.03 bits per heavy atom. The lowest BCUT2D eigenvalue weighted by Crippen LogP contribution is -2.53. The van der Waals surface area contributed by atoms with Gasteiger partial charge in [0.2, 0.25) is 0 Å². The van der Waals surface area contributed by atoms with Gasteiger partial charge < -0.3 is 26.3 Å². The van der Waals surface area contributed by atoms with Crippen LogP contribution in [-0.2, 0) is 0 Å². The minimum atomic E-state index is -0.808. The van der Waals surface area contributed by atoms with Crippen molar-refractivity contribution in [2.24, 2.45) is 16.9 Å². The second-order valence-electron chi connectivity index (χ2n) is 9.55. The summed E-state index contributed by atoms with van der Waals surface area (Å²) < 4.78 is 0.736. The summed E-state index contributed by atoms with van der Waals surface area (Å²) >= 11 is 2.54. The molecule has 3 fully saturated rings. The lowest BCUT2D eigenvalue weighted by Gasteiger charge is -2.45. The Morgan fingerprint density at radius 3 is 2.29 bits per heavy atom. The molecule has 3 rings (SSSR count). The maximum Gasteiger partial charge on any atom is 0.0608 e. The van der Waals surface area contributed by atoms with Gasteiger partial charge in [-0.3, -0.25) is 15.4 Å². The van der Waals surface area contributed by atoms with Gasteiger partial charge in [-0.2, -0.15) is 5.10 Å². The highest BCUT2D eigenvalue weighted by molar-refractivity contribution is 14.1. The Bertz CT molecular complexity index is 566. The number of hydrazone groups is 1. The Morgan fingerprint density at radius 2 is 1.71 bits per heavy atom. The van der Waals surface area contributed by atoms with Crippen LogP contribution in [0.4, 0.5) is 0 Å². The number of nitrogens with one attached hydrogen (secondary N) is 1. The van der Waals surface area contributed by atoms with E-state index in [4.69, 9.17) is 5.10 Å². The van der Waals surface area contributed by atoms with Crippen molar-refractivity contribution >= 4 is 28.3 Å². The van der Waals surface area contributed by atoms with Crippen LogP contribution in [0.3, 0.4) is 0 Å². The van der Waals surface area contributed by atoms with E-state index in [1.165, 1.54) is 32.1 Å². The van der Waals surface area contributed by atoms with Crippen molar-refractivity contribution in [2.45, 2.75) is 93.2 Å². The fourth-order valence-electron chi connectivity index (χ4n) is 5.31. The second-order valence-corrected chi connectivity index (χ2v) is 11.3. The minimum Gasteiger partial charge on any atom is -0.762 e. The Kier molecular flexibility index (Phi) is 10.2. The van der Waals surface area contributed by atoms with Crippen LogP contribution in [0.15, 0.2) is 5.10 Å². The molecule has 2 aliphatic carbocycles. The van der Waals surface area contributed by atoms with E-state index in [1.54, 1.807) is 0 Å². The van der Waals surface area contributed by atoms with E-state index in [0.29, 0.717) is 18.8 Å². The molecule has 10 heteroatoms. The summed E-state index contributed by atoms with van der Waals surface area (Å²) in [5.41, 5.74) is 4.34. The van der Waals surface area contributed by atoms with E-state index in [0.717, 1.165) is 48.0 Å². The fourth-order valence-corrected chi connectivity index (χ4v) is 6.03. The first-order chi connectivity index (χ1) is 14.9. The zero-order chi connectivity index (χ0) is 22.4. The van der Waals surface area contributed by atoms with Crippen LogP contribution in [0.25, 0.3) is 0 Å². The summed E-state index contributed by atoms with van der Waals surface area (Å²) in [6, 6.07) is -1.83. The van der Waals surface area contributed by atoms with Gasteiger partial charge in [0.1, 0.15) is 0 Å². The number of likely N-dealkylation sites (tertiary alicyclic amines) is 1. The van der Waals surface area contributed by atoms with Gasteiger partial charge in [0, 0.05) is 28.5 Å². The molecule has 1 aliphatic heterocycles. The van der Waals surface area contributed by atoms with Gasteiger partial charge >= 0.3 is 0 Å². The van der Waals surface area contributed by atoms with Crippen LogP contribution in [0.5, 0.6) is 0 Å². The number of halogens is 1. The van der Waals surface area contributed by atoms with Crippen LogP contribution >= 0.6 is 22.6 Å². The molecule has 2 saturated carbocycles. The molecular formula is C21H38IN5O4-2. The quantitative estimate of drug-likeness (QED) is 0.181. The number of nitrogens with zero attached hydrogens (tertiary/aromatic N) is 4. The van der Waals surface area contributed by atoms with Gasteiger partial charge in [-0.1, -0.05) is 35.9 Å². The standard InChI is InChI=1S/C21H38IN5O4/c1-2-15-9-11-25(12-10-15)14-20(16-3-5-17(22)6-4-16)24-23-19-8-7-18(26(28)29)13-21(19)27(30)31/h15-19,21,23,28,30H,2-14H2,1H3/q-2. The van der Waals surface area contributed by atoms with Gasteiger partial charge in [-0.15, -0.1) is 0 Å². The molecule has 3 atom stereocenters. The van der Waals surface area contributed by atoms with Gasteiger partial charge in [-0.25, -0.2) is 0 Å². The van der Waals surface area contributed by atoms with E-state index in [-0.39, 0.29) is 22.9 Å². The number of piperidine rings is 1. The maximum absolute atomic E-state index is 11.7. The molecule has 0 amide bonds. The van der Waals surface area contributed by atoms with Crippen LogP contribution in [0, 0.1) is 22.3 Å². The number of rotatable bonds is 8. The predicted octanol–water partition coefficient (Wildman–Crippen LogP) is 3.72. The third-order valence-corrected chi connectivity index (χ3v) is 8.80. The number of hydrogen-bond donors (Lipinski definition) is 3. The molecule has 180 valence electrons. The topological polar surface area (TPSA) is 121 Å². The molecule has 0 aromatic carbocycles. The zero-order valence-corrected chi connectivity index (χ0v) is 20.7. The second kappa shape index (κ2) is 12.4. The lowest BCUT2D eigenvalue weighted by atomic mass is 9.85. The van der Waals surface area contributed by atoms with Crippen molar-refractivity contribution in [3.05, 3.63) is 10.4 Å². The Balaban J connectivity index is 1.66. The van der Waals surface area contributed by atoms with Crippen molar-refractivity contribution in [1.29, 1.82) is 0 Å². The van der Waals surface area contributed by atoms with Crippen LogP contribution in [-0.4, -0.2) is 73.2 Å². The van der Waals surface area contributed by atoms with Gasteiger partial charge in [0.25, 0.3) is 0 Å². The van der Waals surface area contributed by atoms with Crippen molar-refractivity contribution in [2.75, 3.05) is 19.6 Å². The first-order valence-corrected chi connectivity index (χ1v) is 13.1. The van der Waals surface area contributed by atoms with E-state index in [2.05, 4.69) is 39.8 Å². The SMILES string of the molecule is CCC1CCN(CC(=NNC2CCC(N([O-])O)CC2N([O-])O)C2CCC(I)CC2)CC1. The van der Waals surface area contributed by atoms with E-state index in [1.807, 2.05) is 0 Å². The highest BCUT2D eigenvalue weighted by Gasteiger charge is 2.33. The predicted molar refractivity (Wildman–Crippen MR) is 129 cm³/mol. The molecule has 31 heavy (non-hydrogen) atoms. The molecule has 3 aliphatic rings. The average Bonchev–Trinajstić information content (AvgIpc) is 2.77. The number of hydroxylamine groups is 4. The third kappa shape index (κ3) is 7.46. The van der Waals surface area contributed by atoms with Crippen molar-refractivity contribution in [3.63, 3.8) is 0 Å². The smallest absolute Gasteiger partial charge is 0.0608 e. The summed E-state index contributed by atoms with van der Waals surface area (Å²) in [4.78, 5) is 2.50. The summed E-state index contributed by atoms with van der Waals surface area (Å²) in [6.45, 7) is 5.33.